The summed E-state index contributed by atoms with van der Waals surface area (Å²) in [6, 6.07) is 14.5. The van der Waals surface area contributed by atoms with E-state index in [9.17, 15) is 4.79 Å². The third-order valence-electron chi connectivity index (χ3n) is 4.13. The zero-order valence-electron chi connectivity index (χ0n) is 14.9. The van der Waals surface area contributed by atoms with Crippen molar-refractivity contribution in [2.75, 3.05) is 20.6 Å². The van der Waals surface area contributed by atoms with Crippen LogP contribution in [-0.2, 0) is 10.5 Å². The maximum Gasteiger partial charge on any atom is 0.308 e. The van der Waals surface area contributed by atoms with Gasteiger partial charge in [0.15, 0.2) is 0 Å². The zero-order chi connectivity index (χ0) is 17.8. The standard InChI is InChI=1S/C21H23NO2S/c1-15(23)24-20-12-6-10-19-18(11-7-13-22(2)3)17-9-5-4-8-16(17)14-25-21(19)20/h4-6,8-12H,7,13-14H2,1-3H3/b18-11-. The summed E-state index contributed by atoms with van der Waals surface area (Å²) in [6.45, 7) is 2.45. The summed E-state index contributed by atoms with van der Waals surface area (Å²) in [5.41, 5.74) is 4.96. The molecule has 130 valence electrons. The Bertz CT molecular complexity index is 811. The summed E-state index contributed by atoms with van der Waals surface area (Å²) in [4.78, 5) is 14.7. The number of carbonyl (C=O) groups is 1. The second-order valence-electron chi connectivity index (χ2n) is 6.38. The van der Waals surface area contributed by atoms with Gasteiger partial charge in [0.1, 0.15) is 5.75 Å². The van der Waals surface area contributed by atoms with Crippen molar-refractivity contribution in [3.05, 3.63) is 65.2 Å². The second kappa shape index (κ2) is 7.89. The minimum Gasteiger partial charge on any atom is -0.426 e. The van der Waals surface area contributed by atoms with Crippen molar-refractivity contribution in [2.24, 2.45) is 0 Å². The van der Waals surface area contributed by atoms with Gasteiger partial charge in [0.2, 0.25) is 0 Å². The molecular weight excluding hydrogens is 330 g/mol. The van der Waals surface area contributed by atoms with E-state index < -0.39 is 0 Å². The maximum atomic E-state index is 11.5. The van der Waals surface area contributed by atoms with Crippen molar-refractivity contribution in [1.82, 2.24) is 4.90 Å². The molecule has 0 radical (unpaired) electrons. The van der Waals surface area contributed by atoms with E-state index in [0.29, 0.717) is 5.75 Å². The Balaban J connectivity index is 2.11. The first-order valence-electron chi connectivity index (χ1n) is 8.44. The van der Waals surface area contributed by atoms with E-state index in [1.165, 1.54) is 23.6 Å². The van der Waals surface area contributed by atoms with E-state index in [0.717, 1.165) is 29.2 Å². The number of hydrogen-bond donors (Lipinski definition) is 0. The number of ether oxygens (including phenoxy) is 1. The Kier molecular flexibility index (Phi) is 5.61. The molecule has 0 saturated carbocycles. The van der Waals surface area contributed by atoms with Crippen LogP contribution in [0.25, 0.3) is 5.57 Å². The highest BCUT2D eigenvalue weighted by atomic mass is 32.2. The Morgan fingerprint density at radius 2 is 1.92 bits per heavy atom. The first-order chi connectivity index (χ1) is 12.1. The molecule has 0 fully saturated rings. The molecule has 0 N–H and O–H groups in total. The lowest BCUT2D eigenvalue weighted by molar-refractivity contribution is -0.132. The molecule has 3 nitrogen and oxygen atoms in total. The van der Waals surface area contributed by atoms with E-state index >= 15 is 0 Å². The third kappa shape index (κ3) is 4.14. The lowest BCUT2D eigenvalue weighted by Crippen LogP contribution is -2.12. The lowest BCUT2D eigenvalue weighted by Gasteiger charge is -2.14. The first kappa shape index (κ1) is 17.8. The van der Waals surface area contributed by atoms with Crippen molar-refractivity contribution in [3.8, 4) is 5.75 Å². The molecule has 25 heavy (non-hydrogen) atoms. The van der Waals surface area contributed by atoms with Crippen LogP contribution in [0.5, 0.6) is 5.75 Å². The molecule has 3 rings (SSSR count). The largest absolute Gasteiger partial charge is 0.426 e. The Morgan fingerprint density at radius 3 is 2.68 bits per heavy atom. The number of rotatable bonds is 4. The fraction of sp³-hybridized carbons (Fsp3) is 0.286. The molecule has 0 unspecified atom stereocenters. The first-order valence-corrected chi connectivity index (χ1v) is 9.42. The zero-order valence-corrected chi connectivity index (χ0v) is 15.7. The van der Waals surface area contributed by atoms with Crippen molar-refractivity contribution >= 4 is 23.3 Å². The van der Waals surface area contributed by atoms with Gasteiger partial charge < -0.3 is 9.64 Å². The Labute approximate surface area is 153 Å². The fourth-order valence-electron chi connectivity index (χ4n) is 3.00. The number of thioether (sulfide) groups is 1. The molecule has 0 bridgehead atoms. The minimum absolute atomic E-state index is 0.283. The second-order valence-corrected chi connectivity index (χ2v) is 7.37. The topological polar surface area (TPSA) is 29.5 Å². The number of fused-ring (bicyclic) bond motifs is 2. The molecule has 1 aliphatic rings. The SMILES string of the molecule is CC(=O)Oc1cccc2c1SCc1ccccc1/C2=C/CCN(C)C. The van der Waals surface area contributed by atoms with Crippen LogP contribution in [0.1, 0.15) is 30.0 Å². The van der Waals surface area contributed by atoms with Crippen molar-refractivity contribution < 1.29 is 9.53 Å². The quantitative estimate of drug-likeness (QED) is 0.593. The molecule has 0 atom stereocenters. The minimum atomic E-state index is -0.283. The highest BCUT2D eigenvalue weighted by molar-refractivity contribution is 7.98. The van der Waals surface area contributed by atoms with Crippen LogP contribution < -0.4 is 4.74 Å². The molecular formula is C21H23NO2S. The van der Waals surface area contributed by atoms with Gasteiger partial charge in [-0.2, -0.15) is 0 Å². The van der Waals surface area contributed by atoms with Crippen LogP contribution in [0.2, 0.25) is 0 Å². The molecule has 2 aromatic carbocycles. The number of nitrogens with zero attached hydrogens (tertiary/aromatic N) is 1. The van der Waals surface area contributed by atoms with Crippen molar-refractivity contribution in [2.45, 2.75) is 24.0 Å². The van der Waals surface area contributed by atoms with E-state index in [-0.39, 0.29) is 5.97 Å². The Morgan fingerprint density at radius 1 is 1.16 bits per heavy atom. The molecule has 0 saturated heterocycles. The number of benzene rings is 2. The molecule has 0 aromatic heterocycles. The fourth-order valence-corrected chi connectivity index (χ4v) is 4.14. The summed E-state index contributed by atoms with van der Waals surface area (Å²) >= 11 is 1.74. The van der Waals surface area contributed by atoms with Gasteiger partial charge in [0.05, 0.1) is 4.90 Å². The molecule has 4 heteroatoms. The summed E-state index contributed by atoms with van der Waals surface area (Å²) in [5.74, 6) is 1.24. The van der Waals surface area contributed by atoms with Crippen LogP contribution in [0.4, 0.5) is 0 Å². The average molecular weight is 353 g/mol. The monoisotopic (exact) mass is 353 g/mol. The van der Waals surface area contributed by atoms with Gasteiger partial charge in [0.25, 0.3) is 0 Å². The summed E-state index contributed by atoms with van der Waals surface area (Å²) in [7, 11) is 4.17. The normalized spacial score (nSPS) is 14.8. The van der Waals surface area contributed by atoms with E-state index in [1.54, 1.807) is 11.8 Å². The average Bonchev–Trinajstić information content (AvgIpc) is 2.72. The molecule has 2 aromatic rings. The Hall–Kier alpha value is -2.04. The summed E-state index contributed by atoms with van der Waals surface area (Å²) in [5, 5.41) is 0. The third-order valence-corrected chi connectivity index (χ3v) is 5.29. The number of esters is 1. The molecule has 0 aliphatic carbocycles. The van der Waals surface area contributed by atoms with Gasteiger partial charge in [0, 0.05) is 19.2 Å². The van der Waals surface area contributed by atoms with Crippen molar-refractivity contribution in [3.63, 3.8) is 0 Å². The van der Waals surface area contributed by atoms with Gasteiger partial charge in [-0.25, -0.2) is 0 Å². The van der Waals surface area contributed by atoms with Crippen LogP contribution in [0.15, 0.2) is 53.4 Å². The number of hydrogen-bond acceptors (Lipinski definition) is 4. The van der Waals surface area contributed by atoms with Gasteiger partial charge in [-0.3, -0.25) is 4.79 Å². The predicted molar refractivity (Wildman–Crippen MR) is 104 cm³/mol. The molecule has 1 aliphatic heterocycles. The van der Waals surface area contributed by atoms with E-state index in [4.69, 9.17) is 4.74 Å². The lowest BCUT2D eigenvalue weighted by atomic mass is 9.93. The van der Waals surface area contributed by atoms with E-state index in [2.05, 4.69) is 55.4 Å². The van der Waals surface area contributed by atoms with Crippen LogP contribution in [-0.4, -0.2) is 31.5 Å². The van der Waals surface area contributed by atoms with Gasteiger partial charge in [-0.05, 0) is 48.8 Å². The van der Waals surface area contributed by atoms with Gasteiger partial charge in [-0.1, -0.05) is 42.5 Å². The van der Waals surface area contributed by atoms with Crippen LogP contribution in [0, 0.1) is 0 Å². The smallest absolute Gasteiger partial charge is 0.308 e. The van der Waals surface area contributed by atoms with Crippen LogP contribution in [0.3, 0.4) is 0 Å². The van der Waals surface area contributed by atoms with Crippen molar-refractivity contribution in [1.29, 1.82) is 0 Å². The summed E-state index contributed by atoms with van der Waals surface area (Å²) in [6.07, 6.45) is 3.28. The maximum absolute atomic E-state index is 11.5. The number of carbonyl (C=O) groups excluding carboxylic acids is 1. The van der Waals surface area contributed by atoms with Crippen LogP contribution >= 0.6 is 11.8 Å². The highest BCUT2D eigenvalue weighted by Gasteiger charge is 2.21. The van der Waals surface area contributed by atoms with Gasteiger partial charge >= 0.3 is 5.97 Å². The summed E-state index contributed by atoms with van der Waals surface area (Å²) < 4.78 is 5.46. The molecule has 0 amide bonds. The highest BCUT2D eigenvalue weighted by Crippen LogP contribution is 2.44. The predicted octanol–water partition coefficient (Wildman–Crippen LogP) is 4.60. The molecule has 0 spiro atoms. The molecule has 1 heterocycles. The van der Waals surface area contributed by atoms with Gasteiger partial charge in [-0.15, -0.1) is 11.8 Å². The van der Waals surface area contributed by atoms with E-state index in [1.807, 2.05) is 12.1 Å².